The highest BCUT2D eigenvalue weighted by atomic mass is 32.1. The summed E-state index contributed by atoms with van der Waals surface area (Å²) in [4.78, 5) is 14.5. The van der Waals surface area contributed by atoms with Crippen LogP contribution in [0.5, 0.6) is 5.75 Å². The first-order valence-electron chi connectivity index (χ1n) is 8.88. The van der Waals surface area contributed by atoms with Crippen molar-refractivity contribution >= 4 is 23.5 Å². The summed E-state index contributed by atoms with van der Waals surface area (Å²) in [7, 11) is 0. The van der Waals surface area contributed by atoms with E-state index in [0.29, 0.717) is 6.61 Å². The van der Waals surface area contributed by atoms with Crippen LogP contribution in [0.25, 0.3) is 0 Å². The first kappa shape index (κ1) is 17.7. The maximum absolute atomic E-state index is 12.4. The molecule has 0 aliphatic heterocycles. The Hall–Kier alpha value is -2.14. The number of rotatable bonds is 6. The minimum absolute atomic E-state index is 0.141. The minimum atomic E-state index is -0.141. The zero-order chi connectivity index (χ0) is 17.6. The van der Waals surface area contributed by atoms with Crippen LogP contribution >= 0.6 is 11.3 Å². The van der Waals surface area contributed by atoms with Crippen molar-refractivity contribution in [3.8, 4) is 5.75 Å². The van der Waals surface area contributed by atoms with E-state index in [1.165, 1.54) is 23.3 Å². The van der Waals surface area contributed by atoms with Gasteiger partial charge in [0.2, 0.25) is 0 Å². The molecule has 1 heterocycles. The number of amides is 1. The van der Waals surface area contributed by atoms with E-state index in [0.717, 1.165) is 34.9 Å². The highest BCUT2D eigenvalue weighted by molar-refractivity contribution is 7.14. The number of aryl methyl sites for hydroxylation is 1. The average molecular weight is 356 g/mol. The summed E-state index contributed by atoms with van der Waals surface area (Å²) in [6.45, 7) is 4.78. The Labute approximate surface area is 152 Å². The number of nitrogens with one attached hydrogen (secondary N) is 1. The lowest BCUT2D eigenvalue weighted by molar-refractivity contribution is 0.0959. The van der Waals surface area contributed by atoms with Crippen molar-refractivity contribution in [1.82, 2.24) is 5.43 Å². The van der Waals surface area contributed by atoms with Crippen molar-refractivity contribution in [3.63, 3.8) is 0 Å². The van der Waals surface area contributed by atoms with Crippen LogP contribution in [0.1, 0.15) is 52.4 Å². The van der Waals surface area contributed by atoms with Gasteiger partial charge in [-0.1, -0.05) is 25.5 Å². The molecule has 0 saturated heterocycles. The largest absolute Gasteiger partial charge is 0.493 e. The molecule has 1 aromatic heterocycles. The second-order valence-electron chi connectivity index (χ2n) is 6.25. The third kappa shape index (κ3) is 4.28. The molecule has 1 N–H and O–H groups in total. The molecule has 1 aliphatic carbocycles. The van der Waals surface area contributed by atoms with Crippen molar-refractivity contribution in [2.45, 2.75) is 39.5 Å². The third-order valence-corrected chi connectivity index (χ3v) is 5.81. The van der Waals surface area contributed by atoms with Gasteiger partial charge in [-0.15, -0.1) is 11.3 Å². The van der Waals surface area contributed by atoms with Gasteiger partial charge in [-0.2, -0.15) is 5.10 Å². The summed E-state index contributed by atoms with van der Waals surface area (Å²) in [5.74, 6) is 1.38. The van der Waals surface area contributed by atoms with Crippen LogP contribution in [0.15, 0.2) is 35.4 Å². The normalized spacial score (nSPS) is 16.6. The fourth-order valence-corrected chi connectivity index (χ4v) is 4.25. The number of hydrazone groups is 1. The number of benzene rings is 1. The predicted octanol–water partition coefficient (Wildman–Crippen LogP) is 4.43. The van der Waals surface area contributed by atoms with Gasteiger partial charge in [0.25, 0.3) is 5.91 Å². The number of para-hydroxylation sites is 1. The molecule has 2 aromatic rings. The number of hydrogen-bond donors (Lipinski definition) is 1. The fraction of sp³-hybridized carbons (Fsp3) is 0.400. The number of fused-ring (bicyclic) bond motifs is 1. The summed E-state index contributed by atoms with van der Waals surface area (Å²) in [5, 5.41) is 4.10. The summed E-state index contributed by atoms with van der Waals surface area (Å²) < 4.78 is 5.55. The molecule has 132 valence electrons. The lowest BCUT2D eigenvalue weighted by Gasteiger charge is -2.19. The molecule has 1 aromatic carbocycles. The molecule has 0 spiro atoms. The van der Waals surface area contributed by atoms with Crippen LogP contribution < -0.4 is 10.2 Å². The Kier molecular flexibility index (Phi) is 5.87. The molecule has 0 radical (unpaired) electrons. The first-order valence-corrected chi connectivity index (χ1v) is 9.69. The van der Waals surface area contributed by atoms with Crippen LogP contribution in [0.3, 0.4) is 0 Å². The molecule has 4 nitrogen and oxygen atoms in total. The number of nitrogens with zero attached hydrogens (tertiary/aromatic N) is 1. The third-order valence-electron chi connectivity index (χ3n) is 4.57. The number of thiophene rings is 1. The maximum Gasteiger partial charge on any atom is 0.281 e. The quantitative estimate of drug-likeness (QED) is 0.615. The molecular weight excluding hydrogens is 332 g/mol. The number of ether oxygens (including phenoxy) is 1. The van der Waals surface area contributed by atoms with Crippen LogP contribution in [-0.4, -0.2) is 18.7 Å². The molecule has 1 aliphatic rings. The fourth-order valence-electron chi connectivity index (χ4n) is 3.15. The van der Waals surface area contributed by atoms with Crippen molar-refractivity contribution < 1.29 is 9.53 Å². The molecule has 0 unspecified atom stereocenters. The molecule has 0 fully saturated rings. The number of hydrogen-bond acceptors (Lipinski definition) is 4. The highest BCUT2D eigenvalue weighted by Crippen LogP contribution is 2.33. The van der Waals surface area contributed by atoms with Gasteiger partial charge < -0.3 is 4.74 Å². The van der Waals surface area contributed by atoms with E-state index in [1.807, 2.05) is 37.3 Å². The van der Waals surface area contributed by atoms with Crippen LogP contribution in [-0.2, 0) is 12.8 Å². The summed E-state index contributed by atoms with van der Waals surface area (Å²) >= 11 is 1.60. The van der Waals surface area contributed by atoms with Gasteiger partial charge in [-0.25, -0.2) is 5.43 Å². The molecular formula is C20H24N2O2S. The zero-order valence-corrected chi connectivity index (χ0v) is 15.6. The second-order valence-corrected chi connectivity index (χ2v) is 7.38. The van der Waals surface area contributed by atoms with E-state index in [2.05, 4.69) is 17.5 Å². The summed E-state index contributed by atoms with van der Waals surface area (Å²) in [5.41, 5.74) is 4.83. The number of carbonyl (C=O) groups is 1. The Morgan fingerprint density at radius 2 is 2.24 bits per heavy atom. The summed E-state index contributed by atoms with van der Waals surface area (Å²) in [6, 6.07) is 9.68. The molecule has 1 amide bonds. The monoisotopic (exact) mass is 356 g/mol. The van der Waals surface area contributed by atoms with Crippen molar-refractivity contribution in [3.05, 3.63) is 51.2 Å². The topological polar surface area (TPSA) is 50.7 Å². The Balaban J connectivity index is 1.65. The lowest BCUT2D eigenvalue weighted by Crippen LogP contribution is -2.16. The van der Waals surface area contributed by atoms with Crippen molar-refractivity contribution in [1.29, 1.82) is 0 Å². The molecule has 0 bridgehead atoms. The average Bonchev–Trinajstić information content (AvgIpc) is 3.06. The van der Waals surface area contributed by atoms with Gasteiger partial charge in [-0.05, 0) is 55.9 Å². The van der Waals surface area contributed by atoms with E-state index >= 15 is 0 Å². The van der Waals surface area contributed by atoms with Crippen molar-refractivity contribution in [2.24, 2.45) is 11.0 Å². The van der Waals surface area contributed by atoms with Crippen molar-refractivity contribution in [2.75, 3.05) is 6.61 Å². The Morgan fingerprint density at radius 3 is 3.04 bits per heavy atom. The van der Waals surface area contributed by atoms with E-state index in [-0.39, 0.29) is 5.91 Å². The zero-order valence-electron chi connectivity index (χ0n) is 14.7. The molecule has 5 heteroatoms. The van der Waals surface area contributed by atoms with E-state index < -0.39 is 0 Å². The molecule has 1 atom stereocenters. The Bertz CT molecular complexity index is 767. The minimum Gasteiger partial charge on any atom is -0.493 e. The first-order chi connectivity index (χ1) is 12.2. The highest BCUT2D eigenvalue weighted by Gasteiger charge is 2.21. The van der Waals surface area contributed by atoms with Crippen LogP contribution in [0.2, 0.25) is 0 Å². The SMILES string of the molecule is CCOc1ccccc1/C=N\NC(=O)c1cc2c(s1)CC[C@H](CC)C2. The molecule has 0 saturated carbocycles. The van der Waals surface area contributed by atoms with Gasteiger partial charge in [-0.3, -0.25) is 4.79 Å². The smallest absolute Gasteiger partial charge is 0.281 e. The maximum atomic E-state index is 12.4. The van der Waals surface area contributed by atoms with E-state index in [4.69, 9.17) is 4.74 Å². The predicted molar refractivity (Wildman–Crippen MR) is 103 cm³/mol. The number of carbonyl (C=O) groups excluding carboxylic acids is 1. The van der Waals surface area contributed by atoms with Crippen LogP contribution in [0, 0.1) is 5.92 Å². The van der Waals surface area contributed by atoms with Gasteiger partial charge in [0, 0.05) is 10.4 Å². The Morgan fingerprint density at radius 1 is 1.40 bits per heavy atom. The van der Waals surface area contributed by atoms with Gasteiger partial charge in [0.05, 0.1) is 17.7 Å². The van der Waals surface area contributed by atoms with E-state index in [1.54, 1.807) is 17.6 Å². The van der Waals surface area contributed by atoms with Crippen LogP contribution in [0.4, 0.5) is 0 Å². The second kappa shape index (κ2) is 8.30. The lowest BCUT2D eigenvalue weighted by atomic mass is 9.87. The van der Waals surface area contributed by atoms with Gasteiger partial charge in [0.15, 0.2) is 0 Å². The van der Waals surface area contributed by atoms with Gasteiger partial charge in [0.1, 0.15) is 5.75 Å². The molecule has 25 heavy (non-hydrogen) atoms. The standard InChI is InChI=1S/C20H24N2O2S/c1-3-14-9-10-18-16(11-14)12-19(25-18)20(23)22-21-13-15-7-5-6-8-17(15)24-4-2/h5-8,12-14H,3-4,9-11H2,1-2H3,(H,22,23)/b21-13-/t14-/m0/s1. The van der Waals surface area contributed by atoms with Gasteiger partial charge >= 0.3 is 0 Å². The summed E-state index contributed by atoms with van der Waals surface area (Å²) in [6.07, 6.45) is 6.26. The molecule has 3 rings (SSSR count). The van der Waals surface area contributed by atoms with E-state index in [9.17, 15) is 4.79 Å².